The Balaban J connectivity index is 3.31. The number of carboxylic acids is 1. The number of pyridine rings is 1. The summed E-state index contributed by atoms with van der Waals surface area (Å²) in [5.41, 5.74) is 9.91. The van der Waals surface area contributed by atoms with Crippen LogP contribution in [-0.4, -0.2) is 16.1 Å². The molecular weight excluding hydrogens is 250 g/mol. The number of anilines is 1. The molecule has 0 aliphatic rings. The van der Waals surface area contributed by atoms with E-state index in [2.05, 4.69) is 20.9 Å². The van der Waals surface area contributed by atoms with Gasteiger partial charge in [0.25, 0.3) is 0 Å². The molecule has 0 bridgehead atoms. The van der Waals surface area contributed by atoms with Crippen molar-refractivity contribution in [3.05, 3.63) is 22.3 Å². The number of nitrogen functional groups attached to an aromatic ring is 1. The van der Waals surface area contributed by atoms with E-state index in [-0.39, 0.29) is 5.82 Å². The summed E-state index contributed by atoms with van der Waals surface area (Å²) in [7, 11) is 0. The second-order valence-electron chi connectivity index (χ2n) is 3.09. The number of hydrogen-bond acceptors (Lipinski definition) is 4. The molecule has 1 rings (SSSR count). The van der Waals surface area contributed by atoms with Crippen LogP contribution in [0.25, 0.3) is 0 Å². The summed E-state index contributed by atoms with van der Waals surface area (Å²) < 4.78 is 0.639. The fourth-order valence-electron chi connectivity index (χ4n) is 0.981. The minimum absolute atomic E-state index is 0.126. The number of aromatic nitrogens is 1. The molecule has 0 radical (unpaired) electrons. The molecule has 1 heterocycles. The number of hydrogen-bond donors (Lipinski definition) is 3. The Bertz CT molecular complexity index is 379. The van der Waals surface area contributed by atoms with Crippen LogP contribution in [0.3, 0.4) is 0 Å². The lowest BCUT2D eigenvalue weighted by molar-refractivity contribution is -0.143. The van der Waals surface area contributed by atoms with Crippen LogP contribution in [0.1, 0.15) is 12.5 Å². The van der Waals surface area contributed by atoms with E-state index in [4.69, 9.17) is 16.6 Å². The predicted octanol–water partition coefficient (Wildman–Crippen LogP) is 0.685. The van der Waals surface area contributed by atoms with Gasteiger partial charge in [-0.05, 0) is 28.9 Å². The van der Waals surface area contributed by atoms with Gasteiger partial charge in [0.15, 0.2) is 0 Å². The molecule has 0 aromatic carbocycles. The number of nitrogens with two attached hydrogens (primary N) is 2. The molecule has 0 saturated carbocycles. The maximum Gasteiger partial charge on any atom is 0.328 e. The maximum atomic E-state index is 10.9. The first kappa shape index (κ1) is 10.9. The van der Waals surface area contributed by atoms with Crippen LogP contribution in [0.2, 0.25) is 0 Å². The van der Waals surface area contributed by atoms with Gasteiger partial charge in [0.05, 0.1) is 0 Å². The van der Waals surface area contributed by atoms with Crippen molar-refractivity contribution in [2.24, 2.45) is 5.73 Å². The Morgan fingerprint density at radius 1 is 1.71 bits per heavy atom. The van der Waals surface area contributed by atoms with Crippen LogP contribution >= 0.6 is 15.9 Å². The standard InChI is InChI=1S/C8H10BrN3O2/c1-8(11,7(13)14)5-2-4(9)3-12-6(5)10/h2-3H,11H2,1H3,(H2,10,12)(H,13,14)/t8-/m1/s1. The molecule has 6 heteroatoms. The van der Waals surface area contributed by atoms with Gasteiger partial charge in [-0.3, -0.25) is 0 Å². The zero-order valence-electron chi connectivity index (χ0n) is 7.49. The number of halogens is 1. The minimum Gasteiger partial charge on any atom is -0.480 e. The van der Waals surface area contributed by atoms with Crippen molar-refractivity contribution < 1.29 is 9.90 Å². The summed E-state index contributed by atoms with van der Waals surface area (Å²) in [4.78, 5) is 14.7. The van der Waals surface area contributed by atoms with Crippen molar-refractivity contribution in [1.82, 2.24) is 4.98 Å². The molecule has 1 aromatic heterocycles. The quantitative estimate of drug-likeness (QED) is 0.725. The third kappa shape index (κ3) is 1.85. The minimum atomic E-state index is -1.53. The van der Waals surface area contributed by atoms with E-state index in [1.807, 2.05) is 0 Å². The normalized spacial score (nSPS) is 14.8. The van der Waals surface area contributed by atoms with Crippen LogP contribution in [0.15, 0.2) is 16.7 Å². The van der Waals surface area contributed by atoms with Gasteiger partial charge in [0, 0.05) is 16.2 Å². The van der Waals surface area contributed by atoms with Gasteiger partial charge in [-0.15, -0.1) is 0 Å². The maximum absolute atomic E-state index is 10.9. The topological polar surface area (TPSA) is 102 Å². The first-order valence-corrected chi connectivity index (χ1v) is 4.58. The highest BCUT2D eigenvalue weighted by Crippen LogP contribution is 2.25. The largest absolute Gasteiger partial charge is 0.480 e. The molecule has 0 saturated heterocycles. The summed E-state index contributed by atoms with van der Waals surface area (Å²) in [6.07, 6.45) is 1.48. The lowest BCUT2D eigenvalue weighted by Gasteiger charge is -2.20. The van der Waals surface area contributed by atoms with Gasteiger partial charge in [-0.1, -0.05) is 0 Å². The molecule has 0 aliphatic heterocycles. The third-order valence-electron chi connectivity index (χ3n) is 1.89. The van der Waals surface area contributed by atoms with Crippen LogP contribution < -0.4 is 11.5 Å². The van der Waals surface area contributed by atoms with E-state index < -0.39 is 11.5 Å². The molecule has 0 aliphatic carbocycles. The fraction of sp³-hybridized carbons (Fsp3) is 0.250. The van der Waals surface area contributed by atoms with Gasteiger partial charge >= 0.3 is 5.97 Å². The number of rotatable bonds is 2. The molecule has 5 N–H and O–H groups in total. The fourth-order valence-corrected chi connectivity index (χ4v) is 1.31. The van der Waals surface area contributed by atoms with Crippen molar-refractivity contribution in [3.63, 3.8) is 0 Å². The first-order valence-electron chi connectivity index (χ1n) is 3.79. The van der Waals surface area contributed by atoms with Crippen LogP contribution in [0.5, 0.6) is 0 Å². The average molecular weight is 260 g/mol. The third-order valence-corrected chi connectivity index (χ3v) is 2.32. The van der Waals surface area contributed by atoms with Crippen molar-refractivity contribution in [1.29, 1.82) is 0 Å². The van der Waals surface area contributed by atoms with Gasteiger partial charge in [-0.2, -0.15) is 0 Å². The van der Waals surface area contributed by atoms with Crippen LogP contribution in [0.4, 0.5) is 5.82 Å². The average Bonchev–Trinajstić information content (AvgIpc) is 2.08. The zero-order chi connectivity index (χ0) is 10.9. The number of carbonyl (C=O) groups is 1. The second kappa shape index (κ2) is 3.55. The Hall–Kier alpha value is -1.14. The molecular formula is C8H10BrN3O2. The van der Waals surface area contributed by atoms with Crippen molar-refractivity contribution in [2.75, 3.05) is 5.73 Å². The highest BCUT2D eigenvalue weighted by atomic mass is 79.9. The second-order valence-corrected chi connectivity index (χ2v) is 4.01. The predicted molar refractivity (Wildman–Crippen MR) is 55.5 cm³/mol. The van der Waals surface area contributed by atoms with E-state index in [1.165, 1.54) is 13.1 Å². The van der Waals surface area contributed by atoms with Gasteiger partial charge in [0.1, 0.15) is 11.4 Å². The Morgan fingerprint density at radius 3 is 2.79 bits per heavy atom. The smallest absolute Gasteiger partial charge is 0.328 e. The summed E-state index contributed by atoms with van der Waals surface area (Å²) in [6, 6.07) is 1.55. The molecule has 0 spiro atoms. The van der Waals surface area contributed by atoms with E-state index in [0.29, 0.717) is 10.0 Å². The van der Waals surface area contributed by atoms with Crippen LogP contribution in [0, 0.1) is 0 Å². The molecule has 1 atom stereocenters. The Labute approximate surface area is 89.2 Å². The Kier molecular flexibility index (Phi) is 2.77. The van der Waals surface area contributed by atoms with Crippen LogP contribution in [-0.2, 0) is 10.3 Å². The van der Waals surface area contributed by atoms with Crippen molar-refractivity contribution in [3.8, 4) is 0 Å². The summed E-state index contributed by atoms with van der Waals surface area (Å²) in [5, 5.41) is 8.89. The van der Waals surface area contributed by atoms with E-state index in [0.717, 1.165) is 0 Å². The van der Waals surface area contributed by atoms with Gasteiger partial charge in [-0.25, -0.2) is 9.78 Å². The zero-order valence-corrected chi connectivity index (χ0v) is 9.08. The SMILES string of the molecule is C[C@](N)(C(=O)O)c1cc(Br)cnc1N. The first-order chi connectivity index (χ1) is 6.35. The molecule has 76 valence electrons. The highest BCUT2D eigenvalue weighted by molar-refractivity contribution is 9.10. The lowest BCUT2D eigenvalue weighted by Crippen LogP contribution is -2.42. The number of nitrogens with zero attached hydrogens (tertiary/aromatic N) is 1. The van der Waals surface area contributed by atoms with E-state index in [9.17, 15) is 4.79 Å². The van der Waals surface area contributed by atoms with E-state index >= 15 is 0 Å². The summed E-state index contributed by atoms with van der Waals surface area (Å²) in [6.45, 7) is 1.37. The van der Waals surface area contributed by atoms with Gasteiger partial charge < -0.3 is 16.6 Å². The monoisotopic (exact) mass is 259 g/mol. The van der Waals surface area contributed by atoms with E-state index in [1.54, 1.807) is 6.07 Å². The number of aliphatic carboxylic acids is 1. The van der Waals surface area contributed by atoms with Crippen molar-refractivity contribution in [2.45, 2.75) is 12.5 Å². The lowest BCUT2D eigenvalue weighted by atomic mass is 9.94. The summed E-state index contributed by atoms with van der Waals surface area (Å²) in [5.74, 6) is -1.02. The molecule has 1 aromatic rings. The highest BCUT2D eigenvalue weighted by Gasteiger charge is 2.32. The molecule has 5 nitrogen and oxygen atoms in total. The Morgan fingerprint density at radius 2 is 2.29 bits per heavy atom. The molecule has 0 unspecified atom stereocenters. The van der Waals surface area contributed by atoms with Gasteiger partial charge in [0.2, 0.25) is 0 Å². The molecule has 14 heavy (non-hydrogen) atoms. The number of carboxylic acid groups (broad SMARTS) is 1. The summed E-state index contributed by atoms with van der Waals surface area (Å²) >= 11 is 3.17. The molecule has 0 fully saturated rings. The van der Waals surface area contributed by atoms with Crippen molar-refractivity contribution >= 4 is 27.7 Å². The molecule has 0 amide bonds.